The summed E-state index contributed by atoms with van der Waals surface area (Å²) in [4.78, 5) is 14.2. The Morgan fingerprint density at radius 2 is 1.88 bits per heavy atom. The van der Waals surface area contributed by atoms with E-state index in [2.05, 4.69) is 50.5 Å². The van der Waals surface area contributed by atoms with Crippen LogP contribution in [0.25, 0.3) is 0 Å². The summed E-state index contributed by atoms with van der Waals surface area (Å²) in [5, 5.41) is 0.867. The molecular formula is C14H28BrNO. The lowest BCUT2D eigenvalue weighted by Gasteiger charge is -2.29. The highest BCUT2D eigenvalue weighted by Crippen LogP contribution is 2.28. The molecule has 1 amide bonds. The zero-order valence-electron chi connectivity index (χ0n) is 12.1. The van der Waals surface area contributed by atoms with Gasteiger partial charge >= 0.3 is 0 Å². The number of nitrogens with zero attached hydrogens (tertiary/aromatic N) is 1. The standard InChI is InChI=1S/C14H28BrNO/c1-6-7-9-16(10-8-15)13(17)11-12(2)14(3,4)5/h12H,6-11H2,1-5H3. The van der Waals surface area contributed by atoms with Gasteiger partial charge in [-0.05, 0) is 17.8 Å². The van der Waals surface area contributed by atoms with Gasteiger partial charge in [0, 0.05) is 24.8 Å². The fraction of sp³-hybridized carbons (Fsp3) is 0.929. The van der Waals surface area contributed by atoms with E-state index in [0.29, 0.717) is 18.2 Å². The summed E-state index contributed by atoms with van der Waals surface area (Å²) in [5.41, 5.74) is 0.209. The minimum absolute atomic E-state index is 0.209. The third-order valence-corrected chi connectivity index (χ3v) is 3.80. The molecule has 0 rings (SSSR count). The van der Waals surface area contributed by atoms with Crippen LogP contribution in [0.15, 0.2) is 0 Å². The molecular weight excluding hydrogens is 278 g/mol. The summed E-state index contributed by atoms with van der Waals surface area (Å²) in [6.07, 6.45) is 2.91. The van der Waals surface area contributed by atoms with Gasteiger partial charge < -0.3 is 4.90 Å². The number of alkyl halides is 1. The predicted molar refractivity (Wildman–Crippen MR) is 78.5 cm³/mol. The fourth-order valence-corrected chi connectivity index (χ4v) is 1.94. The van der Waals surface area contributed by atoms with Crippen molar-refractivity contribution in [1.82, 2.24) is 4.90 Å². The van der Waals surface area contributed by atoms with Crippen LogP contribution in [0.2, 0.25) is 0 Å². The molecule has 0 fully saturated rings. The van der Waals surface area contributed by atoms with Crippen molar-refractivity contribution in [3.63, 3.8) is 0 Å². The van der Waals surface area contributed by atoms with Crippen LogP contribution in [-0.4, -0.2) is 29.2 Å². The van der Waals surface area contributed by atoms with Crippen molar-refractivity contribution in [3.8, 4) is 0 Å². The quantitative estimate of drug-likeness (QED) is 0.649. The van der Waals surface area contributed by atoms with Crippen molar-refractivity contribution in [2.75, 3.05) is 18.4 Å². The lowest BCUT2D eigenvalue weighted by Crippen LogP contribution is -2.36. The fourth-order valence-electron chi connectivity index (χ4n) is 1.51. The van der Waals surface area contributed by atoms with Gasteiger partial charge in [0.25, 0.3) is 0 Å². The molecule has 2 nitrogen and oxygen atoms in total. The molecule has 0 bridgehead atoms. The number of carbonyl (C=O) groups excluding carboxylic acids is 1. The second-order valence-electron chi connectivity index (χ2n) is 5.89. The number of carbonyl (C=O) groups is 1. The smallest absolute Gasteiger partial charge is 0.222 e. The maximum atomic E-state index is 12.2. The molecule has 0 radical (unpaired) electrons. The summed E-state index contributed by atoms with van der Waals surface area (Å²) in [5.74, 6) is 0.731. The molecule has 0 saturated carbocycles. The molecule has 0 heterocycles. The Balaban J connectivity index is 4.31. The van der Waals surface area contributed by atoms with Crippen molar-refractivity contribution in [1.29, 1.82) is 0 Å². The first-order chi connectivity index (χ1) is 7.82. The van der Waals surface area contributed by atoms with Gasteiger partial charge in [-0.25, -0.2) is 0 Å². The number of hydrogen-bond acceptors (Lipinski definition) is 1. The minimum Gasteiger partial charge on any atom is -0.342 e. The summed E-state index contributed by atoms with van der Waals surface area (Å²) in [6.45, 7) is 12.7. The predicted octanol–water partition coefficient (Wildman–Crippen LogP) is 4.08. The summed E-state index contributed by atoms with van der Waals surface area (Å²) in [7, 11) is 0. The number of halogens is 1. The molecule has 0 aromatic heterocycles. The van der Waals surface area contributed by atoms with Gasteiger partial charge in [0.05, 0.1) is 0 Å². The zero-order valence-corrected chi connectivity index (χ0v) is 13.6. The molecule has 0 saturated heterocycles. The summed E-state index contributed by atoms with van der Waals surface area (Å²) < 4.78 is 0. The van der Waals surface area contributed by atoms with Gasteiger partial charge in [-0.3, -0.25) is 4.79 Å². The van der Waals surface area contributed by atoms with Crippen LogP contribution < -0.4 is 0 Å². The second-order valence-corrected chi connectivity index (χ2v) is 6.69. The van der Waals surface area contributed by atoms with Crippen LogP contribution in [-0.2, 0) is 4.79 Å². The molecule has 0 aliphatic rings. The molecule has 1 unspecified atom stereocenters. The maximum absolute atomic E-state index is 12.2. The summed E-state index contributed by atoms with van der Waals surface area (Å²) >= 11 is 3.42. The van der Waals surface area contributed by atoms with E-state index < -0.39 is 0 Å². The molecule has 3 heteroatoms. The van der Waals surface area contributed by atoms with E-state index in [0.717, 1.165) is 31.3 Å². The highest BCUT2D eigenvalue weighted by Gasteiger charge is 2.24. The Labute approximate surface area is 115 Å². The minimum atomic E-state index is 0.209. The van der Waals surface area contributed by atoms with Gasteiger partial charge in [0.15, 0.2) is 0 Å². The van der Waals surface area contributed by atoms with Crippen molar-refractivity contribution >= 4 is 21.8 Å². The third kappa shape index (κ3) is 7.07. The third-order valence-electron chi connectivity index (χ3n) is 3.45. The van der Waals surface area contributed by atoms with E-state index in [9.17, 15) is 4.79 Å². The van der Waals surface area contributed by atoms with Crippen LogP contribution in [0, 0.1) is 11.3 Å². The molecule has 0 spiro atoms. The lowest BCUT2D eigenvalue weighted by molar-refractivity contribution is -0.132. The van der Waals surface area contributed by atoms with Gasteiger partial charge in [-0.2, -0.15) is 0 Å². The molecule has 0 N–H and O–H groups in total. The first-order valence-corrected chi connectivity index (χ1v) is 7.78. The van der Waals surface area contributed by atoms with E-state index >= 15 is 0 Å². The van der Waals surface area contributed by atoms with Crippen LogP contribution >= 0.6 is 15.9 Å². The lowest BCUT2D eigenvalue weighted by atomic mass is 9.80. The van der Waals surface area contributed by atoms with Gasteiger partial charge in [0.1, 0.15) is 0 Å². The largest absolute Gasteiger partial charge is 0.342 e. The van der Waals surface area contributed by atoms with Crippen molar-refractivity contribution in [2.45, 2.75) is 53.9 Å². The number of unbranched alkanes of at least 4 members (excludes halogenated alkanes) is 1. The van der Waals surface area contributed by atoms with Crippen molar-refractivity contribution in [2.24, 2.45) is 11.3 Å². The van der Waals surface area contributed by atoms with E-state index in [1.807, 2.05) is 4.90 Å². The molecule has 102 valence electrons. The van der Waals surface area contributed by atoms with Gasteiger partial charge in [-0.1, -0.05) is 57.0 Å². The number of hydrogen-bond donors (Lipinski definition) is 0. The van der Waals surface area contributed by atoms with E-state index in [1.165, 1.54) is 0 Å². The number of rotatable bonds is 7. The van der Waals surface area contributed by atoms with Gasteiger partial charge in [0.2, 0.25) is 5.91 Å². The zero-order chi connectivity index (χ0) is 13.5. The molecule has 0 aliphatic carbocycles. The van der Waals surface area contributed by atoms with E-state index in [1.54, 1.807) is 0 Å². The summed E-state index contributed by atoms with van der Waals surface area (Å²) in [6, 6.07) is 0. The number of amides is 1. The molecule has 0 aromatic carbocycles. The van der Waals surface area contributed by atoms with Crippen LogP contribution in [0.3, 0.4) is 0 Å². The van der Waals surface area contributed by atoms with Crippen LogP contribution in [0.4, 0.5) is 0 Å². The monoisotopic (exact) mass is 305 g/mol. The average Bonchev–Trinajstić information content (AvgIpc) is 2.22. The SMILES string of the molecule is CCCCN(CCBr)C(=O)CC(C)C(C)(C)C. The Morgan fingerprint density at radius 3 is 2.29 bits per heavy atom. The molecule has 1 atom stereocenters. The van der Waals surface area contributed by atoms with Crippen LogP contribution in [0.1, 0.15) is 53.9 Å². The topological polar surface area (TPSA) is 20.3 Å². The van der Waals surface area contributed by atoms with Crippen molar-refractivity contribution < 1.29 is 4.79 Å². The molecule has 0 aromatic rings. The second kappa shape index (κ2) is 8.12. The Kier molecular flexibility index (Phi) is 8.10. The highest BCUT2D eigenvalue weighted by atomic mass is 79.9. The normalized spacial score (nSPS) is 13.5. The first-order valence-electron chi connectivity index (χ1n) is 6.66. The Morgan fingerprint density at radius 1 is 1.29 bits per heavy atom. The highest BCUT2D eigenvalue weighted by molar-refractivity contribution is 9.09. The van der Waals surface area contributed by atoms with E-state index in [-0.39, 0.29) is 5.41 Å². The van der Waals surface area contributed by atoms with E-state index in [4.69, 9.17) is 0 Å². The van der Waals surface area contributed by atoms with Crippen molar-refractivity contribution in [3.05, 3.63) is 0 Å². The van der Waals surface area contributed by atoms with Gasteiger partial charge in [-0.15, -0.1) is 0 Å². The maximum Gasteiger partial charge on any atom is 0.222 e. The molecule has 0 aliphatic heterocycles. The van der Waals surface area contributed by atoms with Crippen LogP contribution in [0.5, 0.6) is 0 Å². The Bertz CT molecular complexity index is 223. The Hall–Kier alpha value is -0.0500. The molecule has 17 heavy (non-hydrogen) atoms. The average molecular weight is 306 g/mol. The first kappa shape index (κ1) is 16.9.